The number of para-hydroxylation sites is 1. The van der Waals surface area contributed by atoms with Gasteiger partial charge in [-0.3, -0.25) is 4.79 Å². The number of halogens is 2. The Morgan fingerprint density at radius 2 is 1.91 bits per heavy atom. The Hall–Kier alpha value is -1.62. The van der Waals surface area contributed by atoms with Gasteiger partial charge in [0.15, 0.2) is 5.78 Å². The highest BCUT2D eigenvalue weighted by Gasteiger charge is 2.13. The predicted molar refractivity (Wildman–Crippen MR) is 95.8 cm³/mol. The number of rotatable bonds is 4. The van der Waals surface area contributed by atoms with Gasteiger partial charge in [-0.1, -0.05) is 53.2 Å². The topological polar surface area (TPSA) is 42.9 Å². The molecule has 3 nitrogen and oxygen atoms in total. The quantitative estimate of drug-likeness (QED) is 0.362. The van der Waals surface area contributed by atoms with Crippen molar-refractivity contribution in [3.05, 3.63) is 63.9 Å². The van der Waals surface area contributed by atoms with Gasteiger partial charge in [-0.15, -0.1) is 0 Å². The Morgan fingerprint density at radius 1 is 1.13 bits per heavy atom. The normalized spacial score (nSPS) is 10.9. The van der Waals surface area contributed by atoms with Crippen LogP contribution in [-0.4, -0.2) is 21.5 Å². The molecule has 0 atom stereocenters. The maximum atomic E-state index is 12.4. The van der Waals surface area contributed by atoms with Crippen LogP contribution in [-0.2, 0) is 0 Å². The van der Waals surface area contributed by atoms with Crippen LogP contribution in [0.2, 0.25) is 10.0 Å². The van der Waals surface area contributed by atoms with E-state index in [1.54, 1.807) is 18.2 Å². The van der Waals surface area contributed by atoms with E-state index in [2.05, 4.69) is 9.97 Å². The molecular formula is C17H12Cl2N2OS. The van der Waals surface area contributed by atoms with Crippen molar-refractivity contribution in [2.75, 3.05) is 5.75 Å². The molecule has 0 bridgehead atoms. The lowest BCUT2D eigenvalue weighted by Crippen LogP contribution is -2.04. The number of ketones is 1. The van der Waals surface area contributed by atoms with Gasteiger partial charge in [0.25, 0.3) is 0 Å². The number of hydrogen-bond donors (Lipinski definition) is 0. The van der Waals surface area contributed by atoms with Gasteiger partial charge in [-0.05, 0) is 31.2 Å². The molecule has 0 aliphatic rings. The lowest BCUT2D eigenvalue weighted by molar-refractivity contribution is 0.102. The summed E-state index contributed by atoms with van der Waals surface area (Å²) in [5.74, 6) is 0.877. The van der Waals surface area contributed by atoms with E-state index in [0.29, 0.717) is 21.4 Å². The number of Topliss-reactive ketones (excluding diaryl/α,β-unsaturated/α-hetero) is 1. The molecule has 23 heavy (non-hydrogen) atoms. The summed E-state index contributed by atoms with van der Waals surface area (Å²) in [5.41, 5.74) is 1.35. The zero-order valence-electron chi connectivity index (χ0n) is 12.2. The molecule has 2 aromatic carbocycles. The number of benzene rings is 2. The summed E-state index contributed by atoms with van der Waals surface area (Å²) in [7, 11) is 0. The number of carbonyl (C=O) groups excluding carboxylic acids is 1. The second-order valence-electron chi connectivity index (χ2n) is 4.93. The van der Waals surface area contributed by atoms with Crippen LogP contribution in [0.5, 0.6) is 0 Å². The standard InChI is InChI=1S/C17H12Cl2N2OS/c1-10-20-15-5-3-2-4-13(15)17(21-10)23-9-16(22)12-7-6-11(18)8-14(12)19/h2-8H,9H2,1H3. The third-order valence-corrected chi connectivity index (χ3v) is 4.79. The first-order chi connectivity index (χ1) is 11.0. The van der Waals surface area contributed by atoms with Crippen LogP contribution in [0.1, 0.15) is 16.2 Å². The third kappa shape index (κ3) is 3.66. The zero-order chi connectivity index (χ0) is 16.4. The number of thioether (sulfide) groups is 1. The average molecular weight is 363 g/mol. The number of fused-ring (bicyclic) bond motifs is 1. The Morgan fingerprint density at radius 3 is 2.70 bits per heavy atom. The van der Waals surface area contributed by atoms with Crippen LogP contribution >= 0.6 is 35.0 Å². The molecule has 0 N–H and O–H groups in total. The molecule has 0 spiro atoms. The van der Waals surface area contributed by atoms with E-state index in [1.165, 1.54) is 11.8 Å². The molecule has 116 valence electrons. The van der Waals surface area contributed by atoms with Crippen molar-refractivity contribution in [1.29, 1.82) is 0 Å². The monoisotopic (exact) mass is 362 g/mol. The number of nitrogens with zero attached hydrogens (tertiary/aromatic N) is 2. The van der Waals surface area contributed by atoms with Crippen LogP contribution < -0.4 is 0 Å². The van der Waals surface area contributed by atoms with Crippen molar-refractivity contribution in [3.63, 3.8) is 0 Å². The van der Waals surface area contributed by atoms with Crippen molar-refractivity contribution in [3.8, 4) is 0 Å². The number of carbonyl (C=O) groups is 1. The third-order valence-electron chi connectivity index (χ3n) is 3.25. The van der Waals surface area contributed by atoms with Gasteiger partial charge in [0.05, 0.1) is 16.3 Å². The lowest BCUT2D eigenvalue weighted by atomic mass is 10.1. The highest BCUT2D eigenvalue weighted by atomic mass is 35.5. The van der Waals surface area contributed by atoms with E-state index in [0.717, 1.165) is 15.9 Å². The predicted octanol–water partition coefficient (Wildman–Crippen LogP) is 5.22. The van der Waals surface area contributed by atoms with Gasteiger partial charge in [0.2, 0.25) is 0 Å². The van der Waals surface area contributed by atoms with Gasteiger partial charge in [0.1, 0.15) is 10.9 Å². The smallest absolute Gasteiger partial charge is 0.174 e. The molecule has 0 radical (unpaired) electrons. The highest BCUT2D eigenvalue weighted by Crippen LogP contribution is 2.27. The van der Waals surface area contributed by atoms with Crippen LogP contribution in [0.4, 0.5) is 0 Å². The maximum absolute atomic E-state index is 12.4. The first-order valence-electron chi connectivity index (χ1n) is 6.89. The first kappa shape index (κ1) is 16.2. The van der Waals surface area contributed by atoms with Gasteiger partial charge in [0, 0.05) is 16.0 Å². The minimum atomic E-state index is -0.0583. The fourth-order valence-electron chi connectivity index (χ4n) is 2.20. The van der Waals surface area contributed by atoms with Crippen molar-refractivity contribution in [2.24, 2.45) is 0 Å². The number of hydrogen-bond acceptors (Lipinski definition) is 4. The van der Waals surface area contributed by atoms with E-state index in [1.807, 2.05) is 31.2 Å². The molecule has 1 aromatic heterocycles. The molecule has 3 rings (SSSR count). The minimum absolute atomic E-state index is 0.0583. The van der Waals surface area contributed by atoms with Crippen LogP contribution in [0.15, 0.2) is 47.5 Å². The Balaban J connectivity index is 1.84. The average Bonchev–Trinajstić information content (AvgIpc) is 2.52. The summed E-state index contributed by atoms with van der Waals surface area (Å²) in [6, 6.07) is 12.6. The molecule has 0 amide bonds. The lowest BCUT2D eigenvalue weighted by Gasteiger charge is -2.07. The van der Waals surface area contributed by atoms with E-state index >= 15 is 0 Å². The van der Waals surface area contributed by atoms with Crippen molar-refractivity contribution in [1.82, 2.24) is 9.97 Å². The maximum Gasteiger partial charge on any atom is 0.174 e. The molecule has 0 unspecified atom stereocenters. The van der Waals surface area contributed by atoms with E-state index in [9.17, 15) is 4.79 Å². The van der Waals surface area contributed by atoms with Crippen molar-refractivity contribution in [2.45, 2.75) is 11.9 Å². The summed E-state index contributed by atoms with van der Waals surface area (Å²) < 4.78 is 0. The Bertz CT molecular complexity index is 899. The summed E-state index contributed by atoms with van der Waals surface area (Å²) in [5, 5.41) is 2.62. The second-order valence-corrected chi connectivity index (χ2v) is 6.74. The molecule has 0 aliphatic heterocycles. The highest BCUT2D eigenvalue weighted by molar-refractivity contribution is 8.00. The van der Waals surface area contributed by atoms with Crippen molar-refractivity contribution >= 4 is 51.6 Å². The fraction of sp³-hybridized carbons (Fsp3) is 0.118. The minimum Gasteiger partial charge on any atom is -0.293 e. The summed E-state index contributed by atoms with van der Waals surface area (Å²) in [6.07, 6.45) is 0. The van der Waals surface area contributed by atoms with Crippen molar-refractivity contribution < 1.29 is 4.79 Å². The molecule has 0 aliphatic carbocycles. The van der Waals surface area contributed by atoms with E-state index in [-0.39, 0.29) is 11.5 Å². The van der Waals surface area contributed by atoms with Gasteiger partial charge >= 0.3 is 0 Å². The van der Waals surface area contributed by atoms with Crippen LogP contribution in [0, 0.1) is 6.92 Å². The molecular weight excluding hydrogens is 351 g/mol. The largest absolute Gasteiger partial charge is 0.293 e. The van der Waals surface area contributed by atoms with Gasteiger partial charge in [-0.25, -0.2) is 9.97 Å². The molecule has 6 heteroatoms. The molecule has 1 heterocycles. The van der Waals surface area contributed by atoms with Gasteiger partial charge < -0.3 is 0 Å². The molecule has 3 aromatic rings. The van der Waals surface area contributed by atoms with Crippen LogP contribution in [0.25, 0.3) is 10.9 Å². The molecule has 0 saturated carbocycles. The summed E-state index contributed by atoms with van der Waals surface area (Å²) in [6.45, 7) is 1.84. The Labute approximate surface area is 148 Å². The van der Waals surface area contributed by atoms with Gasteiger partial charge in [-0.2, -0.15) is 0 Å². The first-order valence-corrected chi connectivity index (χ1v) is 8.63. The van der Waals surface area contributed by atoms with E-state index in [4.69, 9.17) is 23.2 Å². The Kier molecular flexibility index (Phi) is 4.85. The van der Waals surface area contributed by atoms with E-state index < -0.39 is 0 Å². The van der Waals surface area contributed by atoms with Crippen LogP contribution in [0.3, 0.4) is 0 Å². The SMILES string of the molecule is Cc1nc(SCC(=O)c2ccc(Cl)cc2Cl)c2ccccc2n1. The number of aromatic nitrogens is 2. The second kappa shape index (κ2) is 6.87. The summed E-state index contributed by atoms with van der Waals surface area (Å²) >= 11 is 13.3. The molecule has 0 saturated heterocycles. The number of aryl methyl sites for hydroxylation is 1. The summed E-state index contributed by atoms with van der Waals surface area (Å²) in [4.78, 5) is 21.2. The molecule has 0 fully saturated rings. The fourth-order valence-corrected chi connectivity index (χ4v) is 3.66. The zero-order valence-corrected chi connectivity index (χ0v) is 14.5.